The zero-order valence-corrected chi connectivity index (χ0v) is 19.1. The van der Waals surface area contributed by atoms with E-state index >= 15 is 0 Å². The molecule has 0 N–H and O–H groups in total. The van der Waals surface area contributed by atoms with Crippen LogP contribution >= 0.6 is 11.6 Å². The topological polar surface area (TPSA) is 88.2 Å². The predicted octanol–water partition coefficient (Wildman–Crippen LogP) is 4.22. The lowest BCUT2D eigenvalue weighted by Gasteiger charge is -2.15. The molecule has 2 aromatic carbocycles. The zero-order chi connectivity index (χ0) is 24.4. The molecule has 34 heavy (non-hydrogen) atoms. The Morgan fingerprint density at radius 3 is 2.62 bits per heavy atom. The highest BCUT2D eigenvalue weighted by atomic mass is 35.5. The predicted molar refractivity (Wildman–Crippen MR) is 123 cm³/mol. The molecule has 4 rings (SSSR count). The largest absolute Gasteiger partial charge is 0.486 e. The fourth-order valence-electron chi connectivity index (χ4n) is 3.59. The highest BCUT2D eigenvalue weighted by Crippen LogP contribution is 2.30. The van der Waals surface area contributed by atoms with Crippen molar-refractivity contribution < 1.29 is 23.0 Å². The molecule has 0 aliphatic carbocycles. The fourth-order valence-corrected chi connectivity index (χ4v) is 3.80. The first-order valence-corrected chi connectivity index (χ1v) is 10.9. The highest BCUT2D eigenvalue weighted by Gasteiger charge is 2.22. The number of aromatic nitrogens is 4. The van der Waals surface area contributed by atoms with Gasteiger partial charge in [-0.1, -0.05) is 29.8 Å². The van der Waals surface area contributed by atoms with Crippen LogP contribution in [0.15, 0.2) is 47.4 Å². The number of esters is 1. The van der Waals surface area contributed by atoms with Crippen molar-refractivity contribution in [3.05, 3.63) is 63.7 Å². The molecule has 2 aromatic heterocycles. The molecule has 0 aliphatic heterocycles. The Bertz CT molecular complexity index is 1420. The molecule has 2 heterocycles. The third-order valence-electron chi connectivity index (χ3n) is 5.18. The summed E-state index contributed by atoms with van der Waals surface area (Å²) in [6.07, 6.45) is -0.928. The molecule has 0 amide bonds. The molecule has 0 fully saturated rings. The van der Waals surface area contributed by atoms with E-state index in [1.165, 1.54) is 6.07 Å². The number of rotatable bonds is 8. The van der Waals surface area contributed by atoms with Gasteiger partial charge >= 0.3 is 5.97 Å². The van der Waals surface area contributed by atoms with Gasteiger partial charge in [0.2, 0.25) is 0 Å². The van der Waals surface area contributed by atoms with Crippen LogP contribution < -0.4 is 10.3 Å². The van der Waals surface area contributed by atoms with Crippen LogP contribution in [0.4, 0.5) is 8.78 Å². The molecule has 0 saturated heterocycles. The first-order chi connectivity index (χ1) is 16.3. The number of hydrogen-bond donors (Lipinski definition) is 0. The van der Waals surface area contributed by atoms with Crippen LogP contribution in [0.5, 0.6) is 5.75 Å². The Morgan fingerprint density at radius 2 is 1.91 bits per heavy atom. The van der Waals surface area contributed by atoms with Crippen LogP contribution in [0.25, 0.3) is 21.7 Å². The smallest absolute Gasteiger partial charge is 0.330 e. The molecule has 0 spiro atoms. The maximum Gasteiger partial charge on any atom is 0.330 e. The van der Waals surface area contributed by atoms with Gasteiger partial charge in [0.05, 0.1) is 34.8 Å². The normalized spacial score (nSPS) is 12.4. The second kappa shape index (κ2) is 9.76. The minimum absolute atomic E-state index is 0.134. The molecule has 4 aromatic rings. The second-order valence-electron chi connectivity index (χ2n) is 7.54. The second-order valence-corrected chi connectivity index (χ2v) is 7.95. The van der Waals surface area contributed by atoms with Gasteiger partial charge in [0, 0.05) is 17.0 Å². The van der Waals surface area contributed by atoms with E-state index in [4.69, 9.17) is 21.1 Å². The summed E-state index contributed by atoms with van der Waals surface area (Å²) in [5, 5.41) is 10.8. The summed E-state index contributed by atoms with van der Waals surface area (Å²) < 4.78 is 37.9. The molecule has 0 radical (unpaired) electrons. The molecular formula is C23H21ClF2N4O4. The van der Waals surface area contributed by atoms with Crippen molar-refractivity contribution in [3.8, 4) is 5.75 Å². The number of ether oxygens (including phenoxy) is 2. The molecule has 0 saturated carbocycles. The van der Waals surface area contributed by atoms with Crippen molar-refractivity contribution >= 4 is 39.2 Å². The summed E-state index contributed by atoms with van der Waals surface area (Å²) in [5.74, 6) is -0.427. The van der Waals surface area contributed by atoms with Crippen molar-refractivity contribution in [1.29, 1.82) is 0 Å². The lowest BCUT2D eigenvalue weighted by atomic mass is 10.1. The molecule has 8 nitrogen and oxygen atoms in total. The maximum absolute atomic E-state index is 13.0. The molecular weight excluding hydrogens is 470 g/mol. The zero-order valence-electron chi connectivity index (χ0n) is 18.4. The maximum atomic E-state index is 13.0. The lowest BCUT2D eigenvalue weighted by Crippen LogP contribution is -2.32. The van der Waals surface area contributed by atoms with Crippen molar-refractivity contribution in [2.24, 2.45) is 0 Å². The van der Waals surface area contributed by atoms with E-state index in [1.54, 1.807) is 55.1 Å². The number of benzene rings is 2. The summed E-state index contributed by atoms with van der Waals surface area (Å²) in [5.41, 5.74) is 0.643. The van der Waals surface area contributed by atoms with Crippen molar-refractivity contribution in [2.45, 2.75) is 32.9 Å². The SMILES string of the molecule is CCOC(=O)C(C)n1nc(Cn2cc3cc(OCC(F)F)c(Cl)cc3n2)c2ccccc2c1=O. The number of halogens is 3. The Hall–Kier alpha value is -3.53. The summed E-state index contributed by atoms with van der Waals surface area (Å²) in [6, 6.07) is 9.12. The number of nitrogens with zero attached hydrogens (tertiary/aromatic N) is 4. The van der Waals surface area contributed by atoms with Crippen molar-refractivity contribution in [1.82, 2.24) is 19.6 Å². The van der Waals surface area contributed by atoms with Gasteiger partial charge in [-0.25, -0.2) is 18.3 Å². The van der Waals surface area contributed by atoms with Crippen LogP contribution in [0.3, 0.4) is 0 Å². The minimum atomic E-state index is -2.62. The average Bonchev–Trinajstić information content (AvgIpc) is 3.19. The number of carbonyl (C=O) groups excluding carboxylic acids is 1. The minimum Gasteiger partial charge on any atom is -0.486 e. The Kier molecular flexibility index (Phi) is 6.78. The number of hydrogen-bond acceptors (Lipinski definition) is 6. The highest BCUT2D eigenvalue weighted by molar-refractivity contribution is 6.32. The third-order valence-corrected chi connectivity index (χ3v) is 5.48. The van der Waals surface area contributed by atoms with Crippen molar-refractivity contribution in [3.63, 3.8) is 0 Å². The van der Waals surface area contributed by atoms with Crippen LogP contribution in [-0.2, 0) is 16.1 Å². The van der Waals surface area contributed by atoms with E-state index in [0.717, 1.165) is 4.68 Å². The van der Waals surface area contributed by atoms with Gasteiger partial charge in [-0.3, -0.25) is 9.48 Å². The summed E-state index contributed by atoms with van der Waals surface area (Å²) in [4.78, 5) is 25.3. The van der Waals surface area contributed by atoms with Crippen molar-refractivity contribution in [2.75, 3.05) is 13.2 Å². The van der Waals surface area contributed by atoms with Gasteiger partial charge in [-0.15, -0.1) is 0 Å². The fraction of sp³-hybridized carbons (Fsp3) is 0.304. The third kappa shape index (κ3) is 4.72. The summed E-state index contributed by atoms with van der Waals surface area (Å²) in [6.45, 7) is 2.83. The van der Waals surface area contributed by atoms with Crippen LogP contribution in [0.1, 0.15) is 25.6 Å². The monoisotopic (exact) mass is 490 g/mol. The Labute approximate surface area is 197 Å². The first kappa shape index (κ1) is 23.6. The van der Waals surface area contributed by atoms with Gasteiger partial charge < -0.3 is 9.47 Å². The van der Waals surface area contributed by atoms with Gasteiger partial charge in [0.15, 0.2) is 6.04 Å². The molecule has 1 atom stereocenters. The van der Waals surface area contributed by atoms with Crippen LogP contribution in [0.2, 0.25) is 5.02 Å². The number of carbonyl (C=O) groups is 1. The van der Waals surface area contributed by atoms with Gasteiger partial charge in [0.1, 0.15) is 12.4 Å². The van der Waals surface area contributed by atoms with E-state index in [-0.39, 0.29) is 23.9 Å². The number of fused-ring (bicyclic) bond motifs is 2. The average molecular weight is 491 g/mol. The van der Waals surface area contributed by atoms with Crippen LogP contribution in [0, 0.1) is 0 Å². The van der Waals surface area contributed by atoms with Gasteiger partial charge in [-0.2, -0.15) is 10.2 Å². The van der Waals surface area contributed by atoms with Gasteiger partial charge in [0.25, 0.3) is 12.0 Å². The van der Waals surface area contributed by atoms with Crippen LogP contribution in [-0.4, -0.2) is 45.2 Å². The summed E-state index contributed by atoms with van der Waals surface area (Å²) in [7, 11) is 0. The van der Waals surface area contributed by atoms with E-state index in [1.807, 2.05) is 0 Å². The van der Waals surface area contributed by atoms with Gasteiger partial charge in [-0.05, 0) is 32.0 Å². The molecule has 1 unspecified atom stereocenters. The van der Waals surface area contributed by atoms with E-state index in [2.05, 4.69) is 10.2 Å². The molecule has 0 bridgehead atoms. The quantitative estimate of drug-likeness (QED) is 0.344. The van der Waals surface area contributed by atoms with E-state index < -0.39 is 30.6 Å². The molecule has 178 valence electrons. The number of alkyl halides is 2. The Morgan fingerprint density at radius 1 is 1.18 bits per heavy atom. The molecule has 0 aliphatic rings. The first-order valence-electron chi connectivity index (χ1n) is 10.5. The van der Waals surface area contributed by atoms with E-state index in [9.17, 15) is 18.4 Å². The molecule has 11 heteroatoms. The lowest BCUT2D eigenvalue weighted by molar-refractivity contribution is -0.147. The standard InChI is InChI=1S/C23H21ClF2N4O4/c1-3-33-23(32)13(2)30-22(31)16-7-5-4-6-15(16)19(28-30)11-29-10-14-8-20(34-12-21(25)26)17(24)9-18(14)27-29/h4-10,13,21H,3,11-12H2,1-2H3. The Balaban J connectivity index is 1.74. The van der Waals surface area contributed by atoms with E-state index in [0.29, 0.717) is 27.4 Å². The summed E-state index contributed by atoms with van der Waals surface area (Å²) >= 11 is 6.15.